The average Bonchev–Trinajstić information content (AvgIpc) is 3.02. The number of carbonyl (C=O) groups is 2. The molecule has 0 N–H and O–H groups in total. The summed E-state index contributed by atoms with van der Waals surface area (Å²) >= 11 is 0. The number of ketones is 2. The molecule has 4 aromatic rings. The monoisotopic (exact) mass is 550 g/mol. The van der Waals surface area contributed by atoms with Gasteiger partial charge in [0.2, 0.25) is 0 Å². The van der Waals surface area contributed by atoms with E-state index in [0.29, 0.717) is 47.3 Å². The molecule has 0 saturated carbocycles. The average molecular weight is 551 g/mol. The topological polar surface area (TPSA) is 96.8 Å². The van der Waals surface area contributed by atoms with Crippen molar-refractivity contribution in [1.82, 2.24) is 9.97 Å². The van der Waals surface area contributed by atoms with E-state index in [1.165, 1.54) is 12.2 Å². The Kier molecular flexibility index (Phi) is 10.4. The van der Waals surface area contributed by atoms with Crippen molar-refractivity contribution in [3.05, 3.63) is 120 Å². The molecule has 0 bridgehead atoms. The van der Waals surface area contributed by atoms with Crippen molar-refractivity contribution >= 4 is 23.7 Å². The first-order valence-electron chi connectivity index (χ1n) is 12.9. The lowest BCUT2D eigenvalue weighted by Crippen LogP contribution is -2.02. The maximum Gasteiger partial charge on any atom is 0.163 e. The van der Waals surface area contributed by atoms with Crippen LogP contribution in [0, 0.1) is 0 Å². The minimum absolute atomic E-state index is 0.270. The van der Waals surface area contributed by atoms with Gasteiger partial charge in [-0.15, -0.1) is 0 Å². The molecular weight excluding hydrogens is 520 g/mol. The van der Waals surface area contributed by atoms with Gasteiger partial charge in [0.1, 0.15) is 36.2 Å². The largest absolute Gasteiger partial charge is 0.496 e. The first-order chi connectivity index (χ1) is 20.0. The molecule has 0 fully saturated rings. The number of methoxy groups -OCH3 is 2. The van der Waals surface area contributed by atoms with Crippen LogP contribution in [0.3, 0.4) is 0 Å². The van der Waals surface area contributed by atoms with Gasteiger partial charge in [-0.2, -0.15) is 0 Å². The molecule has 2 aromatic carbocycles. The first-order valence-corrected chi connectivity index (χ1v) is 12.9. The Labute approximate surface area is 238 Å². The fraction of sp³-hybridized carbons (Fsp3) is 0.152. The molecule has 0 aliphatic carbocycles. The molecule has 4 rings (SSSR count). The summed E-state index contributed by atoms with van der Waals surface area (Å²) in [6.07, 6.45) is 9.12. The van der Waals surface area contributed by atoms with E-state index < -0.39 is 0 Å². The van der Waals surface area contributed by atoms with Crippen LogP contribution < -0.4 is 18.9 Å². The molecule has 0 unspecified atom stereocenters. The minimum atomic E-state index is -0.331. The number of ether oxygens (including phenoxy) is 4. The zero-order chi connectivity index (χ0) is 28.9. The Balaban J connectivity index is 1.31. The zero-order valence-corrected chi connectivity index (χ0v) is 22.9. The first kappa shape index (κ1) is 28.8. The van der Waals surface area contributed by atoms with E-state index in [1.54, 1.807) is 75.2 Å². The third kappa shape index (κ3) is 8.90. The van der Waals surface area contributed by atoms with E-state index in [2.05, 4.69) is 9.97 Å². The van der Waals surface area contributed by atoms with Crippen LogP contribution in [0.2, 0.25) is 0 Å². The highest BCUT2D eigenvalue weighted by molar-refractivity contribution is 6.11. The number of aromatic nitrogens is 2. The lowest BCUT2D eigenvalue weighted by Gasteiger charge is -2.10. The van der Waals surface area contributed by atoms with Crippen LogP contribution in [0.5, 0.6) is 23.0 Å². The Hall–Kier alpha value is -5.24. The summed E-state index contributed by atoms with van der Waals surface area (Å²) < 4.78 is 22.5. The molecule has 2 heterocycles. The van der Waals surface area contributed by atoms with Crippen LogP contribution in [0.15, 0.2) is 97.3 Å². The van der Waals surface area contributed by atoms with Gasteiger partial charge in [-0.05, 0) is 72.8 Å². The SMILES string of the molecule is COc1cc(OCc2ccccn2)ccc1C=CC(=O)CC(=O)C=Cc1ccc(OCc2ccccn2)cc1OC. The number of hydrogen-bond donors (Lipinski definition) is 0. The summed E-state index contributed by atoms with van der Waals surface area (Å²) in [5.41, 5.74) is 2.98. The second-order valence-corrected chi connectivity index (χ2v) is 8.80. The van der Waals surface area contributed by atoms with Crippen molar-refractivity contribution in [3.8, 4) is 23.0 Å². The Bertz CT molecular complexity index is 1400. The number of carbonyl (C=O) groups excluding carboxylic acids is 2. The molecule has 2 aromatic heterocycles. The number of pyridine rings is 2. The summed E-state index contributed by atoms with van der Waals surface area (Å²) in [5.74, 6) is 1.64. The minimum Gasteiger partial charge on any atom is -0.496 e. The van der Waals surface area contributed by atoms with Gasteiger partial charge in [-0.1, -0.05) is 12.1 Å². The normalized spacial score (nSPS) is 11.0. The van der Waals surface area contributed by atoms with E-state index in [4.69, 9.17) is 18.9 Å². The van der Waals surface area contributed by atoms with Crippen molar-refractivity contribution in [3.63, 3.8) is 0 Å². The van der Waals surface area contributed by atoms with Gasteiger partial charge in [0.05, 0.1) is 32.0 Å². The third-order valence-electron chi connectivity index (χ3n) is 5.88. The van der Waals surface area contributed by atoms with Gasteiger partial charge < -0.3 is 18.9 Å². The molecule has 41 heavy (non-hydrogen) atoms. The Morgan fingerprint density at radius 2 is 1.12 bits per heavy atom. The van der Waals surface area contributed by atoms with Crippen LogP contribution in [0.4, 0.5) is 0 Å². The number of allylic oxidation sites excluding steroid dienone is 2. The maximum absolute atomic E-state index is 12.5. The summed E-state index contributed by atoms with van der Waals surface area (Å²) in [6.45, 7) is 0.645. The maximum atomic E-state index is 12.5. The summed E-state index contributed by atoms with van der Waals surface area (Å²) in [6, 6.07) is 21.9. The number of benzene rings is 2. The van der Waals surface area contributed by atoms with E-state index in [9.17, 15) is 9.59 Å². The van der Waals surface area contributed by atoms with Crippen LogP contribution in [0.25, 0.3) is 12.2 Å². The van der Waals surface area contributed by atoms with Gasteiger partial charge in [0.15, 0.2) is 11.6 Å². The van der Waals surface area contributed by atoms with Gasteiger partial charge in [-0.3, -0.25) is 19.6 Å². The van der Waals surface area contributed by atoms with Crippen molar-refractivity contribution in [2.24, 2.45) is 0 Å². The predicted octanol–water partition coefficient (Wildman–Crippen LogP) is 5.91. The molecule has 0 atom stereocenters. The van der Waals surface area contributed by atoms with Crippen molar-refractivity contribution in [2.75, 3.05) is 14.2 Å². The molecule has 0 aliphatic rings. The summed E-state index contributed by atoms with van der Waals surface area (Å²) in [5, 5.41) is 0. The van der Waals surface area contributed by atoms with Crippen LogP contribution >= 0.6 is 0 Å². The van der Waals surface area contributed by atoms with Gasteiger partial charge >= 0.3 is 0 Å². The molecule has 0 radical (unpaired) electrons. The Morgan fingerprint density at radius 1 is 0.659 bits per heavy atom. The lowest BCUT2D eigenvalue weighted by atomic mass is 10.1. The second-order valence-electron chi connectivity index (χ2n) is 8.80. The zero-order valence-electron chi connectivity index (χ0n) is 22.9. The highest BCUT2D eigenvalue weighted by Crippen LogP contribution is 2.27. The van der Waals surface area contributed by atoms with Crippen molar-refractivity contribution < 1.29 is 28.5 Å². The summed E-state index contributed by atoms with van der Waals surface area (Å²) in [7, 11) is 3.08. The highest BCUT2D eigenvalue weighted by atomic mass is 16.5. The van der Waals surface area contributed by atoms with Crippen molar-refractivity contribution in [1.29, 1.82) is 0 Å². The van der Waals surface area contributed by atoms with Gasteiger partial charge in [0, 0.05) is 35.7 Å². The molecule has 0 saturated heterocycles. The van der Waals surface area contributed by atoms with E-state index in [-0.39, 0.29) is 18.0 Å². The Morgan fingerprint density at radius 3 is 1.51 bits per heavy atom. The second kappa shape index (κ2) is 14.8. The smallest absolute Gasteiger partial charge is 0.163 e. The molecule has 8 nitrogen and oxygen atoms in total. The van der Waals surface area contributed by atoms with Crippen LogP contribution in [0.1, 0.15) is 28.9 Å². The quantitative estimate of drug-likeness (QED) is 0.141. The molecule has 0 aliphatic heterocycles. The highest BCUT2D eigenvalue weighted by Gasteiger charge is 2.09. The van der Waals surface area contributed by atoms with E-state index in [1.807, 2.05) is 36.4 Å². The fourth-order valence-corrected chi connectivity index (χ4v) is 3.77. The van der Waals surface area contributed by atoms with E-state index >= 15 is 0 Å². The standard InChI is InChI=1S/C33H30N2O6/c1-38-32-20-30(40-22-26-7-3-5-17-34-26)15-11-24(32)9-13-28(36)19-29(37)14-10-25-12-16-31(21-33(25)39-2)41-23-27-8-4-6-18-35-27/h3-18,20-21H,19,22-23H2,1-2H3. The lowest BCUT2D eigenvalue weighted by molar-refractivity contribution is -0.121. The van der Waals surface area contributed by atoms with Gasteiger partial charge in [-0.25, -0.2) is 0 Å². The number of nitrogens with zero attached hydrogens (tertiary/aromatic N) is 2. The molecule has 0 spiro atoms. The third-order valence-corrected chi connectivity index (χ3v) is 5.88. The molecule has 208 valence electrons. The predicted molar refractivity (Wildman–Crippen MR) is 156 cm³/mol. The molecular formula is C33H30N2O6. The van der Waals surface area contributed by atoms with Crippen LogP contribution in [-0.4, -0.2) is 35.8 Å². The van der Waals surface area contributed by atoms with Crippen LogP contribution in [-0.2, 0) is 22.8 Å². The fourth-order valence-electron chi connectivity index (χ4n) is 3.77. The summed E-state index contributed by atoms with van der Waals surface area (Å²) in [4.78, 5) is 33.4. The number of rotatable bonds is 14. The molecule has 0 amide bonds. The van der Waals surface area contributed by atoms with Gasteiger partial charge in [0.25, 0.3) is 0 Å². The van der Waals surface area contributed by atoms with E-state index in [0.717, 1.165) is 11.4 Å². The number of hydrogen-bond acceptors (Lipinski definition) is 8. The molecule has 8 heteroatoms. The van der Waals surface area contributed by atoms with Crippen molar-refractivity contribution in [2.45, 2.75) is 19.6 Å².